The van der Waals surface area contributed by atoms with E-state index in [1.165, 1.54) is 54.5 Å². The van der Waals surface area contributed by atoms with Crippen LogP contribution in [0.2, 0.25) is 0 Å². The van der Waals surface area contributed by atoms with Gasteiger partial charge in [-0.3, -0.25) is 0 Å². The second-order valence-corrected chi connectivity index (χ2v) is 15.4. The van der Waals surface area contributed by atoms with Crippen molar-refractivity contribution in [2.75, 3.05) is 4.90 Å². The second-order valence-electron chi connectivity index (χ2n) is 15.4. The summed E-state index contributed by atoms with van der Waals surface area (Å²) in [6.07, 6.45) is 0. The molecule has 0 amide bonds. The van der Waals surface area contributed by atoms with Gasteiger partial charge in [0.15, 0.2) is 0 Å². The molecule has 0 aliphatic carbocycles. The Bertz CT molecular complexity index is 3500. The Balaban J connectivity index is 1.01. The fourth-order valence-electron chi connectivity index (χ4n) is 9.08. The van der Waals surface area contributed by atoms with Gasteiger partial charge in [-0.15, -0.1) is 0 Å². The number of benzene rings is 10. The van der Waals surface area contributed by atoms with Crippen LogP contribution in [-0.4, -0.2) is 4.57 Å². The molecule has 12 rings (SSSR count). The van der Waals surface area contributed by atoms with Gasteiger partial charge in [0.1, 0.15) is 11.2 Å². The van der Waals surface area contributed by atoms with Crippen LogP contribution in [0.15, 0.2) is 223 Å². The number of anilines is 3. The lowest BCUT2D eigenvalue weighted by molar-refractivity contribution is 0.670. The molecule has 0 saturated heterocycles. The molecular formula is C56H36N2O. The highest BCUT2D eigenvalue weighted by atomic mass is 16.3. The molecule has 2 aromatic heterocycles. The first-order valence-electron chi connectivity index (χ1n) is 20.2. The lowest BCUT2D eigenvalue weighted by Crippen LogP contribution is -2.09. The molecule has 59 heavy (non-hydrogen) atoms. The van der Waals surface area contributed by atoms with E-state index >= 15 is 0 Å². The molecule has 2 heterocycles. The van der Waals surface area contributed by atoms with Crippen LogP contribution in [0.1, 0.15) is 0 Å². The summed E-state index contributed by atoms with van der Waals surface area (Å²) >= 11 is 0. The Morgan fingerprint density at radius 1 is 0.339 bits per heavy atom. The van der Waals surface area contributed by atoms with Gasteiger partial charge in [-0.2, -0.15) is 0 Å². The standard InChI is InChI=1S/C56H36N2O/c1-3-13-41-33-43(22-21-37(41)11-1)39-23-28-44(29-24-39)57(46-32-25-38-12-2-4-14-42(38)34-46)45-30-26-40(27-31-45)51-35-47(36-52-50-17-7-10-20-55(50)59-56(51)52)58-53-18-8-5-15-48(53)49-16-6-9-19-54(49)58/h1-36H. The van der Waals surface area contributed by atoms with Crippen LogP contribution in [0.3, 0.4) is 0 Å². The maximum atomic E-state index is 6.69. The third-order valence-electron chi connectivity index (χ3n) is 11.9. The highest BCUT2D eigenvalue weighted by Gasteiger charge is 2.20. The molecule has 0 atom stereocenters. The van der Waals surface area contributed by atoms with E-state index in [4.69, 9.17) is 4.42 Å². The smallest absolute Gasteiger partial charge is 0.143 e. The Morgan fingerprint density at radius 3 is 1.53 bits per heavy atom. The highest BCUT2D eigenvalue weighted by Crippen LogP contribution is 2.43. The first-order valence-corrected chi connectivity index (χ1v) is 20.2. The normalized spacial score (nSPS) is 11.7. The van der Waals surface area contributed by atoms with Crippen molar-refractivity contribution in [2.24, 2.45) is 0 Å². The molecule has 3 nitrogen and oxygen atoms in total. The van der Waals surface area contributed by atoms with Crippen molar-refractivity contribution in [1.82, 2.24) is 4.57 Å². The van der Waals surface area contributed by atoms with Gasteiger partial charge in [0.2, 0.25) is 0 Å². The van der Waals surface area contributed by atoms with Crippen LogP contribution in [0, 0.1) is 0 Å². The maximum absolute atomic E-state index is 6.69. The molecular weight excluding hydrogens is 717 g/mol. The minimum Gasteiger partial charge on any atom is -0.455 e. The third-order valence-corrected chi connectivity index (χ3v) is 11.9. The molecule has 0 N–H and O–H groups in total. The first kappa shape index (κ1) is 33.3. The van der Waals surface area contributed by atoms with E-state index in [1.807, 2.05) is 6.07 Å². The number of fused-ring (bicyclic) bond motifs is 8. The minimum atomic E-state index is 0.884. The topological polar surface area (TPSA) is 21.3 Å². The number of hydrogen-bond donors (Lipinski definition) is 0. The summed E-state index contributed by atoms with van der Waals surface area (Å²) in [6.45, 7) is 0. The van der Waals surface area contributed by atoms with Gasteiger partial charge in [0.05, 0.1) is 11.0 Å². The van der Waals surface area contributed by atoms with Crippen molar-refractivity contribution in [3.05, 3.63) is 218 Å². The van der Waals surface area contributed by atoms with E-state index in [9.17, 15) is 0 Å². The zero-order chi connectivity index (χ0) is 38.9. The molecule has 0 spiro atoms. The Labute approximate surface area is 341 Å². The molecule has 0 fully saturated rings. The summed E-state index contributed by atoms with van der Waals surface area (Å²) < 4.78 is 9.09. The number of aromatic nitrogens is 1. The minimum absolute atomic E-state index is 0.884. The predicted octanol–water partition coefficient (Wildman–Crippen LogP) is 15.8. The van der Waals surface area contributed by atoms with Gasteiger partial charge in [-0.25, -0.2) is 0 Å². The van der Waals surface area contributed by atoms with Crippen LogP contribution in [0.5, 0.6) is 0 Å². The summed E-state index contributed by atoms with van der Waals surface area (Å²) in [5, 5.41) is 9.60. The van der Waals surface area contributed by atoms with Crippen LogP contribution in [0.25, 0.3) is 93.2 Å². The number of para-hydroxylation sites is 3. The zero-order valence-electron chi connectivity index (χ0n) is 32.1. The average Bonchev–Trinajstić information content (AvgIpc) is 3.85. The molecule has 0 saturated carbocycles. The highest BCUT2D eigenvalue weighted by molar-refractivity contribution is 6.13. The Kier molecular flexibility index (Phi) is 7.54. The molecule has 0 bridgehead atoms. The first-order chi connectivity index (χ1) is 29.2. The van der Waals surface area contributed by atoms with Crippen molar-refractivity contribution < 1.29 is 4.42 Å². The lowest BCUT2D eigenvalue weighted by atomic mass is 9.99. The van der Waals surface area contributed by atoms with Crippen molar-refractivity contribution in [2.45, 2.75) is 0 Å². The summed E-state index contributed by atoms with van der Waals surface area (Å²) in [6, 6.07) is 78.8. The molecule has 0 aliphatic rings. The second kappa shape index (κ2) is 13.4. The van der Waals surface area contributed by atoms with E-state index < -0.39 is 0 Å². The van der Waals surface area contributed by atoms with E-state index in [1.54, 1.807) is 0 Å². The Morgan fingerprint density at radius 2 is 0.847 bits per heavy atom. The third kappa shape index (κ3) is 5.51. The van der Waals surface area contributed by atoms with Crippen LogP contribution in [-0.2, 0) is 0 Å². The number of hydrogen-bond acceptors (Lipinski definition) is 2. The molecule has 3 heteroatoms. The molecule has 0 radical (unpaired) electrons. The fraction of sp³-hybridized carbons (Fsp3) is 0. The number of rotatable bonds is 6. The van der Waals surface area contributed by atoms with Gasteiger partial charge in [0, 0.05) is 49.9 Å². The van der Waals surface area contributed by atoms with Crippen molar-refractivity contribution in [1.29, 1.82) is 0 Å². The van der Waals surface area contributed by atoms with E-state index in [0.717, 1.165) is 55.8 Å². The van der Waals surface area contributed by atoms with Crippen molar-refractivity contribution in [3.63, 3.8) is 0 Å². The summed E-state index contributed by atoms with van der Waals surface area (Å²) in [5.41, 5.74) is 13.0. The molecule has 276 valence electrons. The summed E-state index contributed by atoms with van der Waals surface area (Å²) in [5.74, 6) is 0. The van der Waals surface area contributed by atoms with Crippen molar-refractivity contribution in [3.8, 4) is 27.9 Å². The summed E-state index contributed by atoms with van der Waals surface area (Å²) in [7, 11) is 0. The van der Waals surface area contributed by atoms with Gasteiger partial charge in [-0.1, -0.05) is 146 Å². The average molecular weight is 753 g/mol. The zero-order valence-corrected chi connectivity index (χ0v) is 32.1. The van der Waals surface area contributed by atoms with Gasteiger partial charge >= 0.3 is 0 Å². The van der Waals surface area contributed by atoms with E-state index in [0.29, 0.717) is 0 Å². The van der Waals surface area contributed by atoms with E-state index in [2.05, 4.69) is 222 Å². The quantitative estimate of drug-likeness (QED) is 0.169. The predicted molar refractivity (Wildman–Crippen MR) is 249 cm³/mol. The van der Waals surface area contributed by atoms with Crippen LogP contribution >= 0.6 is 0 Å². The number of nitrogens with zero attached hydrogens (tertiary/aromatic N) is 2. The molecule has 0 unspecified atom stereocenters. The maximum Gasteiger partial charge on any atom is 0.143 e. The molecule has 10 aromatic carbocycles. The largest absolute Gasteiger partial charge is 0.455 e. The Hall–Kier alpha value is -7.88. The van der Waals surface area contributed by atoms with Gasteiger partial charge in [0.25, 0.3) is 0 Å². The van der Waals surface area contributed by atoms with E-state index in [-0.39, 0.29) is 0 Å². The molecule has 0 aliphatic heterocycles. The van der Waals surface area contributed by atoms with Crippen LogP contribution in [0.4, 0.5) is 17.1 Å². The van der Waals surface area contributed by atoms with Crippen LogP contribution < -0.4 is 4.90 Å². The number of furan rings is 1. The van der Waals surface area contributed by atoms with Gasteiger partial charge in [-0.05, 0) is 111 Å². The van der Waals surface area contributed by atoms with Gasteiger partial charge < -0.3 is 13.9 Å². The van der Waals surface area contributed by atoms with Crippen molar-refractivity contribution >= 4 is 82.4 Å². The summed E-state index contributed by atoms with van der Waals surface area (Å²) in [4.78, 5) is 2.35. The fourth-order valence-corrected chi connectivity index (χ4v) is 9.08. The lowest BCUT2D eigenvalue weighted by Gasteiger charge is -2.26. The SMILES string of the molecule is c1ccc2cc(-c3ccc(N(c4ccc(-c5cc(-n6c7ccccc7c7ccccc76)cc6c5oc5ccccc56)cc4)c4ccc5ccccc5c4)cc3)ccc2c1. The molecule has 12 aromatic rings. The monoisotopic (exact) mass is 752 g/mol.